The molecule has 0 aliphatic heterocycles. The summed E-state index contributed by atoms with van der Waals surface area (Å²) < 4.78 is 4.80. The first-order valence-electron chi connectivity index (χ1n) is 7.02. The van der Waals surface area contributed by atoms with Gasteiger partial charge in [0.25, 0.3) is 0 Å². The quantitative estimate of drug-likeness (QED) is 0.582. The predicted octanol–water partition coefficient (Wildman–Crippen LogP) is 3.57. The van der Waals surface area contributed by atoms with Gasteiger partial charge in [-0.2, -0.15) is 5.48 Å². The summed E-state index contributed by atoms with van der Waals surface area (Å²) in [6.07, 6.45) is 0. The Morgan fingerprint density at radius 2 is 1.82 bits per heavy atom. The van der Waals surface area contributed by atoms with Gasteiger partial charge in [-0.3, -0.25) is 0 Å². The van der Waals surface area contributed by atoms with E-state index in [1.54, 1.807) is 12.1 Å². The molecule has 5 heteroatoms. The van der Waals surface area contributed by atoms with Gasteiger partial charge in [-0.15, -0.1) is 0 Å². The van der Waals surface area contributed by atoms with Gasteiger partial charge in [-0.05, 0) is 43.2 Å². The first-order chi connectivity index (χ1) is 10.6. The summed E-state index contributed by atoms with van der Waals surface area (Å²) in [5.41, 5.74) is 6.25. The highest BCUT2D eigenvalue weighted by Gasteiger charge is 2.14. The molecule has 0 aromatic heterocycles. The van der Waals surface area contributed by atoms with Crippen LogP contribution in [0.1, 0.15) is 34.5 Å². The molecule has 116 valence electrons. The van der Waals surface area contributed by atoms with Crippen LogP contribution in [0.3, 0.4) is 0 Å². The standard InChI is InChI=1S/C17H20N2O3/c1-11-13(12(2)19-21)8-6-10-15(11)18-16-9-5-4-7-14(16)17(20)22-3/h4-10,12,18-19,21H,1-3H3. The normalized spacial score (nSPS) is 11.8. The number of benzene rings is 2. The molecule has 3 N–H and O–H groups in total. The van der Waals surface area contributed by atoms with E-state index in [4.69, 9.17) is 9.94 Å². The summed E-state index contributed by atoms with van der Waals surface area (Å²) >= 11 is 0. The van der Waals surface area contributed by atoms with Crippen molar-refractivity contribution in [3.05, 3.63) is 59.2 Å². The van der Waals surface area contributed by atoms with Crippen molar-refractivity contribution in [2.75, 3.05) is 12.4 Å². The third-order valence-electron chi connectivity index (χ3n) is 3.64. The minimum atomic E-state index is -0.387. The molecule has 1 atom stereocenters. The van der Waals surface area contributed by atoms with Crippen LogP contribution < -0.4 is 10.8 Å². The number of nitrogens with one attached hydrogen (secondary N) is 2. The van der Waals surface area contributed by atoms with Crippen molar-refractivity contribution in [2.45, 2.75) is 19.9 Å². The van der Waals surface area contributed by atoms with E-state index in [9.17, 15) is 4.79 Å². The van der Waals surface area contributed by atoms with Crippen molar-refractivity contribution in [1.82, 2.24) is 5.48 Å². The van der Waals surface area contributed by atoms with Gasteiger partial charge >= 0.3 is 5.97 Å². The smallest absolute Gasteiger partial charge is 0.339 e. The monoisotopic (exact) mass is 300 g/mol. The van der Waals surface area contributed by atoms with E-state index in [1.165, 1.54) is 7.11 Å². The van der Waals surface area contributed by atoms with Crippen LogP contribution in [0, 0.1) is 6.92 Å². The number of hydrogen-bond acceptors (Lipinski definition) is 5. The van der Waals surface area contributed by atoms with E-state index in [0.717, 1.165) is 16.8 Å². The molecular formula is C17H20N2O3. The molecule has 0 bridgehead atoms. The average Bonchev–Trinajstić information content (AvgIpc) is 2.56. The van der Waals surface area contributed by atoms with Crippen molar-refractivity contribution in [2.24, 2.45) is 0 Å². The Morgan fingerprint density at radius 3 is 2.50 bits per heavy atom. The van der Waals surface area contributed by atoms with Crippen LogP contribution in [0.4, 0.5) is 11.4 Å². The fourth-order valence-electron chi connectivity index (χ4n) is 2.35. The number of ether oxygens (including phenoxy) is 1. The zero-order valence-corrected chi connectivity index (χ0v) is 12.9. The number of carbonyl (C=O) groups excluding carboxylic acids is 1. The van der Waals surface area contributed by atoms with Gasteiger partial charge in [0, 0.05) is 5.69 Å². The van der Waals surface area contributed by atoms with Crippen molar-refractivity contribution in [1.29, 1.82) is 0 Å². The molecule has 0 radical (unpaired) electrons. The number of carbonyl (C=O) groups is 1. The zero-order valence-electron chi connectivity index (χ0n) is 12.9. The Hall–Kier alpha value is -2.37. The maximum absolute atomic E-state index is 11.8. The molecule has 2 rings (SSSR count). The maximum atomic E-state index is 11.8. The molecule has 2 aromatic carbocycles. The lowest BCUT2D eigenvalue weighted by molar-refractivity contribution is 0.0602. The van der Waals surface area contributed by atoms with Crippen LogP contribution in [0.25, 0.3) is 0 Å². The minimum absolute atomic E-state index is 0.183. The highest BCUT2D eigenvalue weighted by atomic mass is 16.5. The molecule has 0 amide bonds. The Labute approximate surface area is 129 Å². The van der Waals surface area contributed by atoms with E-state index >= 15 is 0 Å². The second-order valence-electron chi connectivity index (χ2n) is 5.03. The summed E-state index contributed by atoms with van der Waals surface area (Å²) in [4.78, 5) is 11.8. The summed E-state index contributed by atoms with van der Waals surface area (Å²) in [6, 6.07) is 12.8. The van der Waals surface area contributed by atoms with Crippen LogP contribution in [0.15, 0.2) is 42.5 Å². The minimum Gasteiger partial charge on any atom is -0.465 e. The van der Waals surface area contributed by atoms with E-state index in [2.05, 4.69) is 10.8 Å². The first kappa shape index (κ1) is 16.0. The molecule has 22 heavy (non-hydrogen) atoms. The number of rotatable bonds is 5. The number of para-hydroxylation sites is 1. The van der Waals surface area contributed by atoms with Gasteiger partial charge in [-0.25, -0.2) is 4.79 Å². The third kappa shape index (κ3) is 3.27. The first-order valence-corrected chi connectivity index (χ1v) is 7.02. The lowest BCUT2D eigenvalue weighted by Crippen LogP contribution is -2.15. The number of hydrogen-bond donors (Lipinski definition) is 3. The molecule has 0 saturated carbocycles. The summed E-state index contributed by atoms with van der Waals surface area (Å²) in [6.45, 7) is 3.83. The second-order valence-corrected chi connectivity index (χ2v) is 5.03. The molecule has 0 aliphatic rings. The van der Waals surface area contributed by atoms with Crippen LogP contribution in [-0.2, 0) is 4.74 Å². The van der Waals surface area contributed by atoms with Crippen LogP contribution >= 0.6 is 0 Å². The van der Waals surface area contributed by atoms with Gasteiger partial charge in [0.1, 0.15) is 0 Å². The van der Waals surface area contributed by atoms with Crippen LogP contribution in [0.2, 0.25) is 0 Å². The van der Waals surface area contributed by atoms with E-state index in [1.807, 2.05) is 44.2 Å². The highest BCUT2D eigenvalue weighted by Crippen LogP contribution is 2.28. The largest absolute Gasteiger partial charge is 0.465 e. The van der Waals surface area contributed by atoms with Gasteiger partial charge in [0.05, 0.1) is 24.4 Å². The van der Waals surface area contributed by atoms with Crippen molar-refractivity contribution >= 4 is 17.3 Å². The average molecular weight is 300 g/mol. The molecule has 0 spiro atoms. The topological polar surface area (TPSA) is 70.6 Å². The van der Waals surface area contributed by atoms with Crippen LogP contribution in [0.5, 0.6) is 0 Å². The van der Waals surface area contributed by atoms with Crippen molar-refractivity contribution < 1.29 is 14.7 Å². The van der Waals surface area contributed by atoms with E-state index < -0.39 is 0 Å². The molecule has 0 aliphatic carbocycles. The Bertz CT molecular complexity index is 671. The highest BCUT2D eigenvalue weighted by molar-refractivity contribution is 5.96. The number of anilines is 2. The van der Waals surface area contributed by atoms with Crippen molar-refractivity contribution in [3.8, 4) is 0 Å². The third-order valence-corrected chi connectivity index (χ3v) is 3.64. The molecule has 5 nitrogen and oxygen atoms in total. The van der Waals surface area contributed by atoms with Crippen molar-refractivity contribution in [3.63, 3.8) is 0 Å². The second kappa shape index (κ2) is 7.06. The molecule has 0 fully saturated rings. The SMILES string of the molecule is COC(=O)c1ccccc1Nc1cccc(C(C)NO)c1C. The van der Waals surface area contributed by atoms with E-state index in [0.29, 0.717) is 11.3 Å². The molecule has 0 heterocycles. The van der Waals surface area contributed by atoms with Gasteiger partial charge in [0.15, 0.2) is 0 Å². The maximum Gasteiger partial charge on any atom is 0.339 e. The summed E-state index contributed by atoms with van der Waals surface area (Å²) in [5.74, 6) is -0.387. The van der Waals surface area contributed by atoms with Gasteiger partial charge in [-0.1, -0.05) is 24.3 Å². The Morgan fingerprint density at radius 1 is 1.14 bits per heavy atom. The van der Waals surface area contributed by atoms with Gasteiger partial charge in [0.2, 0.25) is 0 Å². The Kier molecular flexibility index (Phi) is 5.14. The lowest BCUT2D eigenvalue weighted by Gasteiger charge is -2.18. The number of hydroxylamine groups is 1. The predicted molar refractivity (Wildman–Crippen MR) is 85.6 cm³/mol. The summed E-state index contributed by atoms with van der Waals surface area (Å²) in [7, 11) is 1.36. The number of methoxy groups -OCH3 is 1. The molecule has 1 unspecified atom stereocenters. The molecular weight excluding hydrogens is 280 g/mol. The lowest BCUT2D eigenvalue weighted by atomic mass is 10.0. The number of esters is 1. The van der Waals surface area contributed by atoms with Gasteiger partial charge < -0.3 is 15.3 Å². The fourth-order valence-corrected chi connectivity index (χ4v) is 2.35. The molecule has 2 aromatic rings. The Balaban J connectivity index is 2.38. The summed E-state index contributed by atoms with van der Waals surface area (Å²) in [5, 5.41) is 12.4. The fraction of sp³-hybridized carbons (Fsp3) is 0.235. The van der Waals surface area contributed by atoms with E-state index in [-0.39, 0.29) is 12.0 Å². The van der Waals surface area contributed by atoms with Crippen LogP contribution in [-0.4, -0.2) is 18.3 Å². The molecule has 0 saturated heterocycles. The zero-order chi connectivity index (χ0) is 16.1.